The normalized spacial score (nSPS) is 23.1. The fraction of sp³-hybridized carbons (Fsp3) is 0.947. The third kappa shape index (κ3) is 8.38. The first-order valence-electron chi connectivity index (χ1n) is 10.3. The molecule has 146 valence electrons. The van der Waals surface area contributed by atoms with Gasteiger partial charge in [0.05, 0.1) is 12.7 Å². The maximum absolute atomic E-state index is 5.70. The first kappa shape index (κ1) is 20.5. The van der Waals surface area contributed by atoms with Crippen molar-refractivity contribution in [2.24, 2.45) is 4.99 Å². The van der Waals surface area contributed by atoms with Gasteiger partial charge >= 0.3 is 0 Å². The third-order valence-electron chi connectivity index (χ3n) is 4.86. The standard InChI is InChI=1S/C19H38N4O2/c1-3-11-23-12-8-17(9-13-23)22-19(20-4-2)21-10-6-14-24-16-18-7-5-15-25-18/h17-18H,3-16H2,1-2H3,(H2,20,21,22). The van der Waals surface area contributed by atoms with Crippen LogP contribution in [-0.2, 0) is 9.47 Å². The largest absolute Gasteiger partial charge is 0.379 e. The summed E-state index contributed by atoms with van der Waals surface area (Å²) in [4.78, 5) is 7.26. The minimum atomic E-state index is 0.320. The van der Waals surface area contributed by atoms with Crippen molar-refractivity contribution in [3.05, 3.63) is 0 Å². The average molecular weight is 355 g/mol. The number of guanidine groups is 1. The van der Waals surface area contributed by atoms with E-state index in [0.717, 1.165) is 51.7 Å². The third-order valence-corrected chi connectivity index (χ3v) is 4.86. The van der Waals surface area contributed by atoms with Crippen LogP contribution in [0.25, 0.3) is 0 Å². The first-order chi connectivity index (χ1) is 12.3. The lowest BCUT2D eigenvalue weighted by molar-refractivity contribution is 0.0171. The average Bonchev–Trinajstić information content (AvgIpc) is 3.13. The number of ether oxygens (including phenoxy) is 2. The van der Waals surface area contributed by atoms with Gasteiger partial charge in [-0.3, -0.25) is 4.99 Å². The van der Waals surface area contributed by atoms with Gasteiger partial charge in [-0.15, -0.1) is 0 Å². The van der Waals surface area contributed by atoms with Crippen molar-refractivity contribution in [3.8, 4) is 0 Å². The van der Waals surface area contributed by atoms with Crippen LogP contribution in [0.5, 0.6) is 0 Å². The molecule has 2 fully saturated rings. The highest BCUT2D eigenvalue weighted by Crippen LogP contribution is 2.12. The van der Waals surface area contributed by atoms with Crippen molar-refractivity contribution in [3.63, 3.8) is 0 Å². The highest BCUT2D eigenvalue weighted by molar-refractivity contribution is 5.80. The Kier molecular flexibility index (Phi) is 10.2. The van der Waals surface area contributed by atoms with Crippen molar-refractivity contribution in [2.45, 2.75) is 64.5 Å². The summed E-state index contributed by atoms with van der Waals surface area (Å²) in [7, 11) is 0. The van der Waals surface area contributed by atoms with Crippen LogP contribution >= 0.6 is 0 Å². The molecule has 0 saturated carbocycles. The Morgan fingerprint density at radius 2 is 2.08 bits per heavy atom. The zero-order chi connectivity index (χ0) is 17.7. The Labute approximate surface area is 153 Å². The molecule has 6 nitrogen and oxygen atoms in total. The van der Waals surface area contributed by atoms with Crippen LogP contribution in [0.15, 0.2) is 4.99 Å². The lowest BCUT2D eigenvalue weighted by Crippen LogP contribution is -2.48. The molecule has 25 heavy (non-hydrogen) atoms. The van der Waals surface area contributed by atoms with E-state index in [1.54, 1.807) is 0 Å². The van der Waals surface area contributed by atoms with E-state index in [9.17, 15) is 0 Å². The van der Waals surface area contributed by atoms with Gasteiger partial charge in [0, 0.05) is 45.4 Å². The Morgan fingerprint density at radius 1 is 1.24 bits per heavy atom. The van der Waals surface area contributed by atoms with Gasteiger partial charge in [-0.1, -0.05) is 6.92 Å². The second-order valence-corrected chi connectivity index (χ2v) is 7.08. The number of likely N-dealkylation sites (tertiary alicyclic amines) is 1. The van der Waals surface area contributed by atoms with Gasteiger partial charge in [0.1, 0.15) is 0 Å². The van der Waals surface area contributed by atoms with Crippen LogP contribution < -0.4 is 10.6 Å². The zero-order valence-electron chi connectivity index (χ0n) is 16.3. The minimum absolute atomic E-state index is 0.320. The van der Waals surface area contributed by atoms with Crippen molar-refractivity contribution < 1.29 is 9.47 Å². The molecule has 0 aromatic carbocycles. The molecule has 2 heterocycles. The number of nitrogens with one attached hydrogen (secondary N) is 2. The smallest absolute Gasteiger partial charge is 0.191 e. The van der Waals surface area contributed by atoms with Crippen molar-refractivity contribution >= 4 is 5.96 Å². The molecular formula is C19H38N4O2. The molecular weight excluding hydrogens is 316 g/mol. The molecule has 0 radical (unpaired) electrons. The number of hydrogen-bond donors (Lipinski definition) is 2. The predicted molar refractivity (Wildman–Crippen MR) is 103 cm³/mol. The van der Waals surface area contributed by atoms with Crippen LogP contribution in [-0.4, -0.2) is 75.5 Å². The lowest BCUT2D eigenvalue weighted by atomic mass is 10.1. The SMILES string of the molecule is CCCN1CCC(NC(=NCCCOCC2CCCO2)NCC)CC1. The summed E-state index contributed by atoms with van der Waals surface area (Å²) >= 11 is 0. The van der Waals surface area contributed by atoms with Crippen LogP contribution in [0.4, 0.5) is 0 Å². The molecule has 6 heteroatoms. The lowest BCUT2D eigenvalue weighted by Gasteiger charge is -2.32. The molecule has 2 N–H and O–H groups in total. The van der Waals surface area contributed by atoms with Gasteiger partial charge in [0.2, 0.25) is 0 Å². The quantitative estimate of drug-likeness (QED) is 0.357. The Morgan fingerprint density at radius 3 is 2.76 bits per heavy atom. The monoisotopic (exact) mass is 354 g/mol. The molecule has 0 aromatic heterocycles. The molecule has 1 unspecified atom stereocenters. The Bertz CT molecular complexity index is 364. The van der Waals surface area contributed by atoms with E-state index in [1.807, 2.05) is 0 Å². The van der Waals surface area contributed by atoms with Gasteiger partial charge in [-0.05, 0) is 52.0 Å². The van der Waals surface area contributed by atoms with Gasteiger partial charge < -0.3 is 25.0 Å². The number of piperidine rings is 1. The topological polar surface area (TPSA) is 58.1 Å². The molecule has 0 spiro atoms. The number of aliphatic imine (C=N–C) groups is 1. The Hall–Kier alpha value is -0.850. The summed E-state index contributed by atoms with van der Waals surface area (Å²) in [6.07, 6.45) is 7.25. The van der Waals surface area contributed by atoms with Gasteiger partial charge in [-0.25, -0.2) is 0 Å². The van der Waals surface area contributed by atoms with Crippen molar-refractivity contribution in [1.82, 2.24) is 15.5 Å². The van der Waals surface area contributed by atoms with E-state index < -0.39 is 0 Å². The van der Waals surface area contributed by atoms with Crippen LogP contribution in [0.1, 0.15) is 52.4 Å². The highest BCUT2D eigenvalue weighted by atomic mass is 16.5. The van der Waals surface area contributed by atoms with Crippen molar-refractivity contribution in [1.29, 1.82) is 0 Å². The molecule has 2 aliphatic rings. The minimum Gasteiger partial charge on any atom is -0.379 e. The van der Waals surface area contributed by atoms with E-state index in [4.69, 9.17) is 14.5 Å². The van der Waals surface area contributed by atoms with E-state index in [0.29, 0.717) is 12.1 Å². The summed E-state index contributed by atoms with van der Waals surface area (Å²) in [5, 5.41) is 6.97. The maximum Gasteiger partial charge on any atom is 0.191 e. The van der Waals surface area contributed by atoms with Gasteiger partial charge in [0.15, 0.2) is 5.96 Å². The second-order valence-electron chi connectivity index (χ2n) is 7.08. The molecule has 0 bridgehead atoms. The Balaban J connectivity index is 1.59. The number of hydrogen-bond acceptors (Lipinski definition) is 4. The van der Waals surface area contributed by atoms with Crippen LogP contribution in [0, 0.1) is 0 Å². The van der Waals surface area contributed by atoms with Crippen LogP contribution in [0.2, 0.25) is 0 Å². The summed E-state index contributed by atoms with van der Waals surface area (Å²) in [6.45, 7) is 12.1. The van der Waals surface area contributed by atoms with Gasteiger partial charge in [-0.2, -0.15) is 0 Å². The summed E-state index contributed by atoms with van der Waals surface area (Å²) in [6, 6.07) is 0.543. The maximum atomic E-state index is 5.70. The fourth-order valence-electron chi connectivity index (χ4n) is 3.48. The van der Waals surface area contributed by atoms with Crippen LogP contribution in [0.3, 0.4) is 0 Å². The van der Waals surface area contributed by atoms with Crippen molar-refractivity contribution in [2.75, 3.05) is 52.5 Å². The summed E-state index contributed by atoms with van der Waals surface area (Å²) in [5.74, 6) is 0.954. The van der Waals surface area contributed by atoms with E-state index in [2.05, 4.69) is 29.4 Å². The number of rotatable bonds is 10. The second kappa shape index (κ2) is 12.5. The molecule has 2 aliphatic heterocycles. The molecule has 0 aromatic rings. The fourth-order valence-corrected chi connectivity index (χ4v) is 3.48. The molecule has 0 aliphatic carbocycles. The summed E-state index contributed by atoms with van der Waals surface area (Å²) in [5.41, 5.74) is 0. The molecule has 2 saturated heterocycles. The van der Waals surface area contributed by atoms with E-state index in [-0.39, 0.29) is 0 Å². The molecule has 1 atom stereocenters. The zero-order valence-corrected chi connectivity index (χ0v) is 16.3. The van der Waals surface area contributed by atoms with E-state index >= 15 is 0 Å². The molecule has 2 rings (SSSR count). The predicted octanol–water partition coefficient (Wildman–Crippen LogP) is 2.00. The first-order valence-corrected chi connectivity index (χ1v) is 10.3. The van der Waals surface area contributed by atoms with E-state index in [1.165, 1.54) is 45.3 Å². The number of nitrogens with zero attached hydrogens (tertiary/aromatic N) is 2. The highest BCUT2D eigenvalue weighted by Gasteiger charge is 2.19. The summed E-state index contributed by atoms with van der Waals surface area (Å²) < 4.78 is 11.3. The molecule has 0 amide bonds. The van der Waals surface area contributed by atoms with Gasteiger partial charge in [0.25, 0.3) is 0 Å².